The SMILES string of the molecule is CCC1=[C-]C(CC)C=C1.C[Si](C)=[Zr+2].Cl.Cl.c1ccc2c(c1)[cH-]c1ccccc12. The van der Waals surface area contributed by atoms with Crippen LogP contribution in [0, 0.1) is 12.0 Å². The van der Waals surface area contributed by atoms with Crippen LogP contribution in [0.4, 0.5) is 0 Å². The molecular formula is C24H30Cl2SiZr. The maximum atomic E-state index is 3.40. The molecule has 0 heterocycles. The van der Waals surface area contributed by atoms with Crippen molar-refractivity contribution in [1.29, 1.82) is 0 Å². The third-order valence-corrected chi connectivity index (χ3v) is 4.24. The van der Waals surface area contributed by atoms with Crippen molar-refractivity contribution in [2.75, 3.05) is 0 Å². The van der Waals surface area contributed by atoms with Crippen molar-refractivity contribution in [3.63, 3.8) is 0 Å². The van der Waals surface area contributed by atoms with E-state index < -0.39 is 0 Å². The standard InChI is InChI=1S/C13H9.C9H13.C2H6Si.2ClH.Zr/c1-3-7-12-10(5-1)9-11-6-2-4-8-13(11)12;1-3-8-5-6-9(4-2)7-8;1-3-2;;;/h1-9H;5-6,8H,3-4H2,1-2H3;1-2H3;2*1H;/q2*-1;;;;+2. The molecule has 0 spiro atoms. The molecule has 1 unspecified atom stereocenters. The minimum atomic E-state index is 0. The Hall–Kier alpha value is -0.530. The number of halogens is 2. The zero-order valence-corrected chi connectivity index (χ0v) is 22.2. The van der Waals surface area contributed by atoms with Gasteiger partial charge in [0.15, 0.2) is 0 Å². The summed E-state index contributed by atoms with van der Waals surface area (Å²) in [4.78, 5) is 0. The maximum absolute atomic E-state index is 3.40. The fourth-order valence-corrected chi connectivity index (χ4v) is 2.93. The van der Waals surface area contributed by atoms with Crippen LogP contribution < -0.4 is 0 Å². The van der Waals surface area contributed by atoms with Crippen LogP contribution >= 0.6 is 24.8 Å². The largest absolute Gasteiger partial charge is 0.147 e. The first kappa shape index (κ1) is 27.5. The van der Waals surface area contributed by atoms with Gasteiger partial charge in [-0.3, -0.25) is 6.08 Å². The molecule has 0 N–H and O–H groups in total. The van der Waals surface area contributed by atoms with Crippen LogP contribution in [0.1, 0.15) is 26.7 Å². The van der Waals surface area contributed by atoms with Crippen LogP contribution in [0.5, 0.6) is 0 Å². The van der Waals surface area contributed by atoms with Gasteiger partial charge < -0.3 is 0 Å². The van der Waals surface area contributed by atoms with Crippen molar-refractivity contribution < 1.29 is 23.3 Å². The van der Waals surface area contributed by atoms with Gasteiger partial charge in [-0.1, -0.05) is 69.0 Å². The summed E-state index contributed by atoms with van der Waals surface area (Å²) in [7, 11) is 0. The van der Waals surface area contributed by atoms with E-state index in [-0.39, 0.29) is 30.2 Å². The van der Waals surface area contributed by atoms with Gasteiger partial charge in [0.1, 0.15) is 0 Å². The Kier molecular flexibility index (Phi) is 14.2. The first-order valence-corrected chi connectivity index (χ1v) is 15.6. The van der Waals surface area contributed by atoms with E-state index in [0.717, 1.165) is 6.42 Å². The predicted molar refractivity (Wildman–Crippen MR) is 129 cm³/mol. The van der Waals surface area contributed by atoms with Crippen LogP contribution in [0.3, 0.4) is 0 Å². The summed E-state index contributed by atoms with van der Waals surface area (Å²) in [6, 6.07) is 19.3. The van der Waals surface area contributed by atoms with Crippen molar-refractivity contribution in [3.05, 3.63) is 78.4 Å². The summed E-state index contributed by atoms with van der Waals surface area (Å²) < 4.78 is 0. The topological polar surface area (TPSA) is 0 Å². The third-order valence-electron chi connectivity index (χ3n) is 4.24. The van der Waals surface area contributed by atoms with Crippen LogP contribution in [-0.4, -0.2) is 5.43 Å². The quantitative estimate of drug-likeness (QED) is 0.243. The van der Waals surface area contributed by atoms with Crippen LogP contribution in [0.15, 0.2) is 72.3 Å². The molecule has 4 rings (SSSR count). The van der Waals surface area contributed by atoms with E-state index >= 15 is 0 Å². The molecule has 148 valence electrons. The molecule has 3 aromatic rings. The number of benzene rings is 2. The number of hydrogen-bond donors (Lipinski definition) is 0. The Bertz CT molecular complexity index is 870. The summed E-state index contributed by atoms with van der Waals surface area (Å²) in [6.07, 6.45) is 10.1. The van der Waals surface area contributed by atoms with E-state index in [1.165, 1.54) is 33.5 Å². The second-order valence-electron chi connectivity index (χ2n) is 6.72. The van der Waals surface area contributed by atoms with E-state index in [4.69, 9.17) is 0 Å². The van der Waals surface area contributed by atoms with Gasteiger partial charge in [-0.25, -0.2) is 11.6 Å². The molecule has 1 aliphatic carbocycles. The number of fused-ring (bicyclic) bond motifs is 3. The van der Waals surface area contributed by atoms with Crippen molar-refractivity contribution >= 4 is 51.8 Å². The molecule has 0 saturated heterocycles. The number of rotatable bonds is 2. The van der Waals surface area contributed by atoms with Crippen molar-refractivity contribution in [2.24, 2.45) is 5.92 Å². The molecule has 1 aliphatic rings. The Morgan fingerprint density at radius 1 is 0.929 bits per heavy atom. The summed E-state index contributed by atoms with van der Waals surface area (Å²) in [6.45, 7) is 8.98. The summed E-state index contributed by atoms with van der Waals surface area (Å²) >= 11 is 1.74. The molecule has 28 heavy (non-hydrogen) atoms. The molecule has 0 amide bonds. The molecule has 0 radical (unpaired) electrons. The summed E-state index contributed by atoms with van der Waals surface area (Å²) in [5.74, 6) is 0.611. The first-order chi connectivity index (χ1) is 12.5. The summed E-state index contributed by atoms with van der Waals surface area (Å²) in [5, 5.41) is 5.39. The fourth-order valence-electron chi connectivity index (χ4n) is 2.93. The Morgan fingerprint density at radius 3 is 1.75 bits per heavy atom. The first-order valence-electron chi connectivity index (χ1n) is 9.40. The van der Waals surface area contributed by atoms with Crippen LogP contribution in [0.2, 0.25) is 13.1 Å². The van der Waals surface area contributed by atoms with Gasteiger partial charge in [0, 0.05) is 0 Å². The zero-order chi connectivity index (χ0) is 18.9. The number of hydrogen-bond acceptors (Lipinski definition) is 0. The van der Waals surface area contributed by atoms with Gasteiger partial charge in [0.2, 0.25) is 0 Å². The predicted octanol–water partition coefficient (Wildman–Crippen LogP) is 8.06. The Morgan fingerprint density at radius 2 is 1.39 bits per heavy atom. The fraction of sp³-hybridized carbons (Fsp3) is 0.292. The minimum Gasteiger partial charge on any atom is -0.147 e. The molecular weight excluding hydrogens is 478 g/mol. The van der Waals surface area contributed by atoms with Gasteiger partial charge in [0.05, 0.1) is 0 Å². The molecule has 4 heteroatoms. The van der Waals surface area contributed by atoms with E-state index in [0.29, 0.717) is 5.92 Å². The van der Waals surface area contributed by atoms with Gasteiger partial charge in [-0.15, -0.1) is 64.6 Å². The molecule has 0 aliphatic heterocycles. The van der Waals surface area contributed by atoms with Crippen LogP contribution in [-0.2, 0) is 23.3 Å². The monoisotopic (exact) mass is 506 g/mol. The molecule has 0 nitrogen and oxygen atoms in total. The molecule has 1 atom stereocenters. The van der Waals surface area contributed by atoms with E-state index in [1.54, 1.807) is 23.3 Å². The average Bonchev–Trinajstić information content (AvgIpc) is 3.26. The molecule has 0 saturated carbocycles. The normalized spacial score (nSPS) is 14.1. The van der Waals surface area contributed by atoms with Crippen molar-refractivity contribution in [1.82, 2.24) is 0 Å². The number of allylic oxidation sites excluding steroid dienone is 4. The second kappa shape index (κ2) is 14.5. The van der Waals surface area contributed by atoms with E-state index in [1.807, 2.05) is 0 Å². The van der Waals surface area contributed by atoms with Gasteiger partial charge in [-0.2, -0.15) is 6.08 Å². The van der Waals surface area contributed by atoms with Crippen molar-refractivity contribution in [3.8, 4) is 0 Å². The van der Waals surface area contributed by atoms with E-state index in [2.05, 4.69) is 99.8 Å². The van der Waals surface area contributed by atoms with Gasteiger partial charge >= 0.3 is 41.9 Å². The van der Waals surface area contributed by atoms with Gasteiger partial charge in [-0.05, 0) is 0 Å². The minimum absolute atomic E-state index is 0. The average molecular weight is 509 g/mol. The third kappa shape index (κ3) is 8.46. The Labute approximate surface area is 198 Å². The molecule has 0 aromatic heterocycles. The Balaban J connectivity index is 0.000000432. The van der Waals surface area contributed by atoms with Crippen molar-refractivity contribution in [2.45, 2.75) is 39.8 Å². The second-order valence-corrected chi connectivity index (χ2v) is 16.1. The molecule has 3 aromatic carbocycles. The molecule has 0 bridgehead atoms. The smallest absolute Gasteiger partial charge is 0.0771 e. The van der Waals surface area contributed by atoms with E-state index in [9.17, 15) is 0 Å². The van der Waals surface area contributed by atoms with Gasteiger partial charge in [0.25, 0.3) is 0 Å². The summed E-state index contributed by atoms with van der Waals surface area (Å²) in [5.41, 5.74) is 1.59. The maximum Gasteiger partial charge on any atom is -0.0771 e. The molecule has 0 fully saturated rings. The zero-order valence-electron chi connectivity index (χ0n) is 17.2. The van der Waals surface area contributed by atoms with Crippen LogP contribution in [0.25, 0.3) is 21.5 Å².